The minimum Gasteiger partial charge on any atom is -0.450 e. The smallest absolute Gasteiger partial charge is 0.409 e. The second-order valence-electron chi connectivity index (χ2n) is 6.97. The van der Waals surface area contributed by atoms with Crippen molar-refractivity contribution in [3.8, 4) is 0 Å². The molecule has 1 saturated heterocycles. The molecule has 8 heteroatoms. The van der Waals surface area contributed by atoms with Gasteiger partial charge in [0.15, 0.2) is 5.96 Å². The average molecular weight is 492 g/mol. The Morgan fingerprint density at radius 3 is 2.44 bits per heavy atom. The van der Waals surface area contributed by atoms with Crippen LogP contribution in [0.25, 0.3) is 0 Å². The number of guanidine groups is 1. The highest BCUT2D eigenvalue weighted by Gasteiger charge is 2.26. The van der Waals surface area contributed by atoms with Gasteiger partial charge in [-0.1, -0.05) is 26.0 Å². The van der Waals surface area contributed by atoms with Crippen molar-refractivity contribution in [1.82, 2.24) is 15.1 Å². The van der Waals surface area contributed by atoms with E-state index in [0.29, 0.717) is 39.3 Å². The number of carbonyl (C=O) groups excluding carboxylic acids is 1. The first kappa shape index (κ1) is 23.5. The number of amides is 1. The Labute approximate surface area is 178 Å². The van der Waals surface area contributed by atoms with Crippen molar-refractivity contribution >= 4 is 36.0 Å². The van der Waals surface area contributed by atoms with Crippen LogP contribution in [0.15, 0.2) is 29.3 Å². The highest BCUT2D eigenvalue weighted by Crippen LogP contribution is 2.23. The summed E-state index contributed by atoms with van der Waals surface area (Å²) in [5.41, 5.74) is 0.692. The molecule has 1 heterocycles. The fourth-order valence-electron chi connectivity index (χ4n) is 2.96. The number of hydrogen-bond acceptors (Lipinski definition) is 3. The molecule has 0 atom stereocenters. The molecule has 0 unspecified atom stereocenters. The van der Waals surface area contributed by atoms with Gasteiger partial charge in [-0.3, -0.25) is 4.99 Å². The SMILES string of the molecule is CCOC(=O)N1CCN(C(=NC)NCC(C)(C)c2cccc(F)c2)CC1.I. The molecule has 6 nitrogen and oxygen atoms in total. The maximum Gasteiger partial charge on any atom is 0.409 e. The normalized spacial score (nSPS) is 15.2. The van der Waals surface area contributed by atoms with Gasteiger partial charge in [0.25, 0.3) is 0 Å². The number of benzene rings is 1. The van der Waals surface area contributed by atoms with Crippen molar-refractivity contribution < 1.29 is 13.9 Å². The van der Waals surface area contributed by atoms with Gasteiger partial charge in [0.05, 0.1) is 6.61 Å². The van der Waals surface area contributed by atoms with Crippen LogP contribution in [0.2, 0.25) is 0 Å². The quantitative estimate of drug-likeness (QED) is 0.399. The van der Waals surface area contributed by atoms with Crippen molar-refractivity contribution in [2.75, 3.05) is 46.4 Å². The van der Waals surface area contributed by atoms with E-state index in [0.717, 1.165) is 11.5 Å². The topological polar surface area (TPSA) is 57.2 Å². The largest absolute Gasteiger partial charge is 0.450 e. The minimum atomic E-state index is -0.262. The number of nitrogens with zero attached hydrogens (tertiary/aromatic N) is 3. The number of piperazine rings is 1. The molecule has 0 bridgehead atoms. The van der Waals surface area contributed by atoms with Crippen LogP contribution in [-0.2, 0) is 10.2 Å². The van der Waals surface area contributed by atoms with Gasteiger partial charge in [-0.25, -0.2) is 9.18 Å². The summed E-state index contributed by atoms with van der Waals surface area (Å²) in [5.74, 6) is 0.563. The van der Waals surface area contributed by atoms with Gasteiger partial charge in [-0.15, -0.1) is 24.0 Å². The van der Waals surface area contributed by atoms with Crippen LogP contribution in [0.3, 0.4) is 0 Å². The number of rotatable bonds is 4. The van der Waals surface area contributed by atoms with Crippen molar-refractivity contribution in [2.45, 2.75) is 26.2 Å². The number of ether oxygens (including phenoxy) is 1. The molecule has 152 valence electrons. The number of halogens is 2. The lowest BCUT2D eigenvalue weighted by Crippen LogP contribution is -2.55. The standard InChI is InChI=1S/C19H29FN4O2.HI/c1-5-26-18(25)24-11-9-23(10-12-24)17(21-4)22-14-19(2,3)15-7-6-8-16(20)13-15;/h6-8,13H,5,9-12,14H2,1-4H3,(H,21,22);1H. The Morgan fingerprint density at radius 2 is 1.89 bits per heavy atom. The molecule has 2 rings (SSSR count). The third kappa shape index (κ3) is 6.51. The molecule has 1 aliphatic rings. The zero-order chi connectivity index (χ0) is 19.2. The molecule has 1 N–H and O–H groups in total. The molecule has 1 aromatic carbocycles. The summed E-state index contributed by atoms with van der Waals surface area (Å²) in [6.45, 7) is 9.55. The van der Waals surface area contributed by atoms with Crippen molar-refractivity contribution in [3.05, 3.63) is 35.6 Å². The summed E-state index contributed by atoms with van der Waals surface area (Å²) in [6, 6.07) is 6.69. The number of hydrogen-bond donors (Lipinski definition) is 1. The Kier molecular flexibility index (Phi) is 9.28. The average Bonchev–Trinajstić information content (AvgIpc) is 2.63. The fraction of sp³-hybridized carbons (Fsp3) is 0.579. The first-order chi connectivity index (χ1) is 12.4. The summed E-state index contributed by atoms with van der Waals surface area (Å²) in [7, 11) is 1.75. The van der Waals surface area contributed by atoms with Crippen molar-refractivity contribution in [3.63, 3.8) is 0 Å². The summed E-state index contributed by atoms with van der Waals surface area (Å²) in [4.78, 5) is 20.0. The molecule has 0 saturated carbocycles. The number of nitrogens with one attached hydrogen (secondary N) is 1. The third-order valence-corrected chi connectivity index (χ3v) is 4.61. The summed E-state index contributed by atoms with van der Waals surface area (Å²) in [6.07, 6.45) is -0.262. The maximum atomic E-state index is 13.5. The first-order valence-electron chi connectivity index (χ1n) is 9.00. The second-order valence-corrected chi connectivity index (χ2v) is 6.97. The Morgan fingerprint density at radius 1 is 1.26 bits per heavy atom. The van der Waals surface area contributed by atoms with Gasteiger partial charge < -0.3 is 19.9 Å². The minimum absolute atomic E-state index is 0. The van der Waals surface area contributed by atoms with Crippen LogP contribution < -0.4 is 5.32 Å². The number of carbonyl (C=O) groups is 1. The van der Waals surface area contributed by atoms with Crippen LogP contribution in [-0.4, -0.2) is 68.2 Å². The van der Waals surface area contributed by atoms with E-state index in [-0.39, 0.29) is 41.3 Å². The molecular formula is C19H30FIN4O2. The van der Waals surface area contributed by atoms with Crippen LogP contribution in [0.1, 0.15) is 26.3 Å². The van der Waals surface area contributed by atoms with E-state index in [1.165, 1.54) is 6.07 Å². The lowest BCUT2D eigenvalue weighted by molar-refractivity contribution is 0.0914. The number of aliphatic imine (C=N–C) groups is 1. The zero-order valence-electron chi connectivity index (χ0n) is 16.5. The maximum absolute atomic E-state index is 13.5. The van der Waals surface area contributed by atoms with Crippen molar-refractivity contribution in [2.24, 2.45) is 4.99 Å². The Balaban J connectivity index is 0.00000364. The first-order valence-corrected chi connectivity index (χ1v) is 9.00. The molecule has 1 fully saturated rings. The van der Waals surface area contributed by atoms with Gasteiger partial charge in [0, 0.05) is 45.2 Å². The fourth-order valence-corrected chi connectivity index (χ4v) is 2.96. The van der Waals surface area contributed by atoms with E-state index in [2.05, 4.69) is 29.1 Å². The van der Waals surface area contributed by atoms with E-state index in [1.807, 2.05) is 6.07 Å². The molecule has 1 aromatic rings. The summed E-state index contributed by atoms with van der Waals surface area (Å²) >= 11 is 0. The third-order valence-electron chi connectivity index (χ3n) is 4.61. The predicted octanol–water partition coefficient (Wildman–Crippen LogP) is 3.07. The highest BCUT2D eigenvalue weighted by molar-refractivity contribution is 14.0. The van der Waals surface area contributed by atoms with Gasteiger partial charge in [0.2, 0.25) is 0 Å². The molecule has 0 radical (unpaired) electrons. The molecule has 0 aromatic heterocycles. The molecule has 1 amide bonds. The lowest BCUT2D eigenvalue weighted by Gasteiger charge is -2.37. The molecule has 27 heavy (non-hydrogen) atoms. The molecular weight excluding hydrogens is 462 g/mol. The van der Waals surface area contributed by atoms with Crippen LogP contribution in [0, 0.1) is 5.82 Å². The van der Waals surface area contributed by atoms with E-state index in [4.69, 9.17) is 4.74 Å². The summed E-state index contributed by atoms with van der Waals surface area (Å²) < 4.78 is 18.6. The monoisotopic (exact) mass is 492 g/mol. The molecule has 1 aliphatic heterocycles. The molecule has 0 spiro atoms. The van der Waals surface area contributed by atoms with Gasteiger partial charge >= 0.3 is 6.09 Å². The van der Waals surface area contributed by atoms with Crippen molar-refractivity contribution in [1.29, 1.82) is 0 Å². The van der Waals surface area contributed by atoms with Gasteiger partial charge in [0.1, 0.15) is 5.82 Å². The van der Waals surface area contributed by atoms with E-state index >= 15 is 0 Å². The summed E-state index contributed by atoms with van der Waals surface area (Å²) in [5, 5.41) is 3.39. The Bertz CT molecular complexity index is 646. The lowest BCUT2D eigenvalue weighted by atomic mass is 9.84. The Hall–Kier alpha value is -1.58. The van der Waals surface area contributed by atoms with Crippen LogP contribution >= 0.6 is 24.0 Å². The predicted molar refractivity (Wildman–Crippen MR) is 116 cm³/mol. The van der Waals surface area contributed by atoms with Gasteiger partial charge in [-0.2, -0.15) is 0 Å². The highest BCUT2D eigenvalue weighted by atomic mass is 127. The van der Waals surface area contributed by atoms with E-state index in [9.17, 15) is 9.18 Å². The zero-order valence-corrected chi connectivity index (χ0v) is 18.8. The van der Waals surface area contributed by atoms with Crippen LogP contribution in [0.5, 0.6) is 0 Å². The van der Waals surface area contributed by atoms with E-state index in [1.54, 1.807) is 31.0 Å². The molecule has 0 aliphatic carbocycles. The van der Waals surface area contributed by atoms with E-state index < -0.39 is 0 Å². The van der Waals surface area contributed by atoms with Crippen LogP contribution in [0.4, 0.5) is 9.18 Å². The second kappa shape index (κ2) is 10.7. The van der Waals surface area contributed by atoms with Gasteiger partial charge in [-0.05, 0) is 24.6 Å².